The fourth-order valence-corrected chi connectivity index (χ4v) is 4.57. The molecule has 8 heteroatoms. The summed E-state index contributed by atoms with van der Waals surface area (Å²) in [5.41, 5.74) is 0.599. The van der Waals surface area contributed by atoms with Crippen LogP contribution in [-0.2, 0) is 14.8 Å². The molecule has 0 heterocycles. The minimum absolute atomic E-state index is 0.0169. The Morgan fingerprint density at radius 1 is 1.43 bits per heavy atom. The number of carboxylic acids is 1. The van der Waals surface area contributed by atoms with Crippen molar-refractivity contribution in [3.63, 3.8) is 0 Å². The topological polar surface area (TPSA) is 86.7 Å². The van der Waals surface area contributed by atoms with Crippen LogP contribution in [0.4, 0.5) is 0 Å². The molecule has 6 nitrogen and oxygen atoms in total. The number of rotatable bonds is 7. The zero-order valence-corrected chi connectivity index (χ0v) is 14.7. The molecular weight excluding hydrogens is 340 g/mol. The van der Waals surface area contributed by atoms with E-state index in [0.29, 0.717) is 30.0 Å². The number of aryl methyl sites for hydroxylation is 1. The van der Waals surface area contributed by atoms with E-state index in [1.807, 2.05) is 11.8 Å². The summed E-state index contributed by atoms with van der Waals surface area (Å²) in [4.78, 5) is 12.9. The predicted octanol–water partition coefficient (Wildman–Crippen LogP) is 1.86. The number of benzene rings is 1. The normalized spacial score (nSPS) is 21.2. The molecule has 23 heavy (non-hydrogen) atoms. The number of carboxylic acid groups (broad SMARTS) is 1. The molecule has 0 saturated heterocycles. The van der Waals surface area contributed by atoms with Crippen molar-refractivity contribution in [3.05, 3.63) is 28.8 Å². The number of hydrogen-bond donors (Lipinski definition) is 2. The van der Waals surface area contributed by atoms with Gasteiger partial charge in [-0.2, -0.15) is 0 Å². The summed E-state index contributed by atoms with van der Waals surface area (Å²) >= 11 is 5.85. The first kappa shape index (κ1) is 18.2. The number of nitrogens with zero attached hydrogens (tertiary/aromatic N) is 1. The molecule has 1 aliphatic carbocycles. The molecule has 1 aliphatic rings. The predicted molar refractivity (Wildman–Crippen MR) is 88.2 cm³/mol. The van der Waals surface area contributed by atoms with Crippen LogP contribution in [0, 0.1) is 6.92 Å². The van der Waals surface area contributed by atoms with Crippen molar-refractivity contribution in [2.45, 2.75) is 43.7 Å². The number of hydrogen-bond acceptors (Lipinski definition) is 4. The average molecular weight is 361 g/mol. The molecule has 0 spiro atoms. The smallest absolute Gasteiger partial charge is 0.317 e. The number of halogens is 1. The van der Waals surface area contributed by atoms with Gasteiger partial charge in [0.15, 0.2) is 0 Å². The van der Waals surface area contributed by atoms with Crippen LogP contribution in [-0.4, -0.2) is 49.6 Å². The Balaban J connectivity index is 1.97. The minimum Gasteiger partial charge on any atom is -0.480 e. The van der Waals surface area contributed by atoms with Crippen LogP contribution in [0.2, 0.25) is 5.02 Å². The molecule has 0 radical (unpaired) electrons. The lowest BCUT2D eigenvalue weighted by Gasteiger charge is -2.42. The van der Waals surface area contributed by atoms with Crippen molar-refractivity contribution in [1.29, 1.82) is 0 Å². The van der Waals surface area contributed by atoms with Gasteiger partial charge in [-0.15, -0.1) is 0 Å². The maximum absolute atomic E-state index is 12.4. The molecule has 1 fully saturated rings. The van der Waals surface area contributed by atoms with Crippen LogP contribution in [0.25, 0.3) is 0 Å². The molecule has 1 aromatic rings. The Kier molecular flexibility index (Phi) is 5.67. The fraction of sp³-hybridized carbons (Fsp3) is 0.533. The molecule has 128 valence electrons. The number of likely N-dealkylation sites (N-methyl/N-ethyl adjacent to an activating group) is 1. The Bertz CT molecular complexity index is 687. The molecule has 2 N–H and O–H groups in total. The quantitative estimate of drug-likeness (QED) is 0.775. The van der Waals surface area contributed by atoms with E-state index in [0.717, 1.165) is 0 Å². The lowest BCUT2D eigenvalue weighted by Crippen LogP contribution is -2.54. The van der Waals surface area contributed by atoms with Crippen molar-refractivity contribution < 1.29 is 18.3 Å². The highest BCUT2D eigenvalue weighted by Crippen LogP contribution is 2.28. The van der Waals surface area contributed by atoms with Crippen LogP contribution in [0.15, 0.2) is 23.1 Å². The highest BCUT2D eigenvalue weighted by atomic mass is 35.5. The van der Waals surface area contributed by atoms with Gasteiger partial charge in [0.05, 0.1) is 11.4 Å². The molecule has 1 aromatic carbocycles. The largest absolute Gasteiger partial charge is 0.480 e. The van der Waals surface area contributed by atoms with Crippen LogP contribution in [0.5, 0.6) is 0 Å². The highest BCUT2D eigenvalue weighted by molar-refractivity contribution is 7.89. The summed E-state index contributed by atoms with van der Waals surface area (Å²) in [7, 11) is -3.59. The van der Waals surface area contributed by atoms with Gasteiger partial charge in [0.1, 0.15) is 0 Å². The van der Waals surface area contributed by atoms with E-state index >= 15 is 0 Å². The SMILES string of the molecule is CCN(CC(=O)O)C1CC(NS(=O)(=O)c2ccc(Cl)cc2C)C1. The summed E-state index contributed by atoms with van der Waals surface area (Å²) in [6.45, 7) is 4.22. The van der Waals surface area contributed by atoms with E-state index in [4.69, 9.17) is 16.7 Å². The number of nitrogens with one attached hydrogen (secondary N) is 1. The van der Waals surface area contributed by atoms with E-state index in [1.54, 1.807) is 19.1 Å². The van der Waals surface area contributed by atoms with Crippen LogP contribution in [0.1, 0.15) is 25.3 Å². The molecule has 2 rings (SSSR count). The molecule has 0 aromatic heterocycles. The zero-order chi connectivity index (χ0) is 17.2. The van der Waals surface area contributed by atoms with Crippen molar-refractivity contribution in [2.75, 3.05) is 13.1 Å². The van der Waals surface area contributed by atoms with Gasteiger partial charge in [-0.1, -0.05) is 18.5 Å². The fourth-order valence-electron chi connectivity index (χ4n) is 2.85. The van der Waals surface area contributed by atoms with Crippen LogP contribution < -0.4 is 4.72 Å². The standard InChI is InChI=1S/C15H21ClN2O4S/c1-3-18(9-15(19)20)13-7-12(8-13)17-23(21,22)14-5-4-11(16)6-10(14)2/h4-6,12-13,17H,3,7-9H2,1-2H3,(H,19,20). The second-order valence-corrected chi connectivity index (χ2v) is 7.93. The van der Waals surface area contributed by atoms with E-state index in [9.17, 15) is 13.2 Å². The third kappa shape index (κ3) is 4.44. The third-order valence-corrected chi connectivity index (χ3v) is 6.04. The average Bonchev–Trinajstić information content (AvgIpc) is 2.39. The Labute approximate surface area is 141 Å². The van der Waals surface area contributed by atoms with Gasteiger partial charge in [-0.3, -0.25) is 9.69 Å². The van der Waals surface area contributed by atoms with Crippen molar-refractivity contribution in [2.24, 2.45) is 0 Å². The second-order valence-electron chi connectivity index (χ2n) is 5.81. The first-order chi connectivity index (χ1) is 10.7. The minimum atomic E-state index is -3.59. The summed E-state index contributed by atoms with van der Waals surface area (Å²) in [5.74, 6) is -0.868. The highest BCUT2D eigenvalue weighted by Gasteiger charge is 2.36. The molecular formula is C15H21ClN2O4S. The summed E-state index contributed by atoms with van der Waals surface area (Å²) in [6, 6.07) is 4.61. The lowest BCUT2D eigenvalue weighted by atomic mass is 9.86. The van der Waals surface area contributed by atoms with Crippen LogP contribution >= 0.6 is 11.6 Å². The second kappa shape index (κ2) is 7.17. The number of sulfonamides is 1. The first-order valence-corrected chi connectivity index (χ1v) is 9.33. The number of aliphatic carboxylic acids is 1. The van der Waals surface area contributed by atoms with Crippen molar-refractivity contribution in [1.82, 2.24) is 9.62 Å². The lowest BCUT2D eigenvalue weighted by molar-refractivity contribution is -0.139. The monoisotopic (exact) mass is 360 g/mol. The summed E-state index contributed by atoms with van der Waals surface area (Å²) in [5, 5.41) is 9.37. The molecule has 0 bridgehead atoms. The van der Waals surface area contributed by atoms with Gasteiger partial charge in [-0.25, -0.2) is 13.1 Å². The van der Waals surface area contributed by atoms with Gasteiger partial charge in [-0.05, 0) is 50.1 Å². The molecule has 0 aliphatic heterocycles. The Morgan fingerprint density at radius 3 is 2.61 bits per heavy atom. The summed E-state index contributed by atoms with van der Waals surface area (Å²) < 4.78 is 27.5. The van der Waals surface area contributed by atoms with Gasteiger partial charge >= 0.3 is 5.97 Å². The summed E-state index contributed by atoms with van der Waals surface area (Å²) in [6.07, 6.45) is 1.24. The molecule has 0 unspecified atom stereocenters. The first-order valence-electron chi connectivity index (χ1n) is 7.47. The van der Waals surface area contributed by atoms with E-state index in [2.05, 4.69) is 4.72 Å². The van der Waals surface area contributed by atoms with Gasteiger partial charge < -0.3 is 5.11 Å². The maximum Gasteiger partial charge on any atom is 0.317 e. The Morgan fingerprint density at radius 2 is 2.09 bits per heavy atom. The molecule has 1 saturated carbocycles. The molecule has 0 amide bonds. The maximum atomic E-state index is 12.4. The zero-order valence-electron chi connectivity index (χ0n) is 13.1. The van der Waals surface area contributed by atoms with Gasteiger partial charge in [0.25, 0.3) is 0 Å². The van der Waals surface area contributed by atoms with E-state index in [-0.39, 0.29) is 23.5 Å². The van der Waals surface area contributed by atoms with Gasteiger partial charge in [0, 0.05) is 17.1 Å². The van der Waals surface area contributed by atoms with Crippen molar-refractivity contribution >= 4 is 27.6 Å². The third-order valence-electron chi connectivity index (χ3n) is 4.12. The number of carbonyl (C=O) groups is 1. The van der Waals surface area contributed by atoms with E-state index in [1.165, 1.54) is 6.07 Å². The van der Waals surface area contributed by atoms with Crippen molar-refractivity contribution in [3.8, 4) is 0 Å². The van der Waals surface area contributed by atoms with Crippen LogP contribution in [0.3, 0.4) is 0 Å². The van der Waals surface area contributed by atoms with E-state index < -0.39 is 16.0 Å². The van der Waals surface area contributed by atoms with Gasteiger partial charge in [0.2, 0.25) is 10.0 Å². The molecule has 0 atom stereocenters. The Hall–Kier alpha value is -1.15.